The Labute approximate surface area is 116 Å². The first-order valence-electron chi connectivity index (χ1n) is 6.01. The summed E-state index contributed by atoms with van der Waals surface area (Å²) in [5.74, 6) is -0.247. The van der Waals surface area contributed by atoms with Gasteiger partial charge < -0.3 is 10.2 Å². The standard InChI is InChI=1S/C11H22N2O3S.ClH/c1-4-9-13(2)10(14)11(17(3,15)16)5-7-12-8-6-11;/h12H,4-9H2,1-3H3;1H. The molecular formula is C11H23ClN2O3S. The second kappa shape index (κ2) is 6.73. The fourth-order valence-corrected chi connectivity index (χ4v) is 3.78. The van der Waals surface area contributed by atoms with Gasteiger partial charge in [-0.3, -0.25) is 4.79 Å². The maximum atomic E-state index is 12.4. The van der Waals surface area contributed by atoms with Crippen LogP contribution in [0.15, 0.2) is 0 Å². The van der Waals surface area contributed by atoms with Crippen molar-refractivity contribution in [2.45, 2.75) is 30.9 Å². The molecule has 1 fully saturated rings. The van der Waals surface area contributed by atoms with Gasteiger partial charge in [0.2, 0.25) is 5.91 Å². The zero-order valence-electron chi connectivity index (χ0n) is 11.2. The van der Waals surface area contributed by atoms with E-state index in [9.17, 15) is 13.2 Å². The summed E-state index contributed by atoms with van der Waals surface area (Å²) < 4.78 is 22.8. The number of nitrogens with one attached hydrogen (secondary N) is 1. The molecule has 0 aromatic heterocycles. The summed E-state index contributed by atoms with van der Waals surface area (Å²) in [5.41, 5.74) is 0. The minimum Gasteiger partial charge on any atom is -0.344 e. The summed E-state index contributed by atoms with van der Waals surface area (Å²) in [4.78, 5) is 13.9. The van der Waals surface area contributed by atoms with Crippen LogP contribution in [0, 0.1) is 0 Å². The highest BCUT2D eigenvalue weighted by Crippen LogP contribution is 2.29. The van der Waals surface area contributed by atoms with Crippen molar-refractivity contribution >= 4 is 28.2 Å². The Morgan fingerprint density at radius 3 is 2.22 bits per heavy atom. The maximum Gasteiger partial charge on any atom is 0.243 e. The second-order valence-electron chi connectivity index (χ2n) is 4.74. The van der Waals surface area contributed by atoms with E-state index in [2.05, 4.69) is 5.32 Å². The smallest absolute Gasteiger partial charge is 0.243 e. The third kappa shape index (κ3) is 3.36. The van der Waals surface area contributed by atoms with E-state index in [0.29, 0.717) is 32.5 Å². The minimum atomic E-state index is -3.38. The molecule has 0 unspecified atom stereocenters. The fraction of sp³-hybridized carbons (Fsp3) is 0.909. The molecule has 1 saturated heterocycles. The van der Waals surface area contributed by atoms with Gasteiger partial charge in [-0.2, -0.15) is 0 Å². The highest BCUT2D eigenvalue weighted by atomic mass is 35.5. The molecular weight excluding hydrogens is 276 g/mol. The molecule has 1 N–H and O–H groups in total. The molecule has 0 saturated carbocycles. The molecule has 0 aliphatic carbocycles. The van der Waals surface area contributed by atoms with Gasteiger partial charge in [0.25, 0.3) is 0 Å². The lowest BCUT2D eigenvalue weighted by Crippen LogP contribution is -2.57. The van der Waals surface area contributed by atoms with Crippen LogP contribution in [0.1, 0.15) is 26.2 Å². The molecule has 1 aliphatic rings. The van der Waals surface area contributed by atoms with Gasteiger partial charge in [-0.05, 0) is 32.4 Å². The molecule has 18 heavy (non-hydrogen) atoms. The van der Waals surface area contributed by atoms with Crippen LogP contribution in [-0.4, -0.2) is 56.9 Å². The van der Waals surface area contributed by atoms with Crippen LogP contribution in [0.25, 0.3) is 0 Å². The molecule has 7 heteroatoms. The minimum absolute atomic E-state index is 0. The molecule has 0 bridgehead atoms. The number of sulfone groups is 1. The molecule has 0 spiro atoms. The van der Waals surface area contributed by atoms with Gasteiger partial charge in [0.05, 0.1) is 0 Å². The number of nitrogens with zero attached hydrogens (tertiary/aromatic N) is 1. The monoisotopic (exact) mass is 298 g/mol. The van der Waals surface area contributed by atoms with Crippen molar-refractivity contribution in [2.75, 3.05) is 32.9 Å². The summed E-state index contributed by atoms with van der Waals surface area (Å²) in [6, 6.07) is 0. The van der Waals surface area contributed by atoms with E-state index in [0.717, 1.165) is 6.42 Å². The number of piperidine rings is 1. The lowest BCUT2D eigenvalue weighted by Gasteiger charge is -2.37. The number of hydrogen-bond acceptors (Lipinski definition) is 4. The predicted octanol–water partition coefficient (Wildman–Crippen LogP) is 0.443. The first-order valence-corrected chi connectivity index (χ1v) is 7.90. The molecule has 1 heterocycles. The third-order valence-electron chi connectivity index (χ3n) is 3.42. The van der Waals surface area contributed by atoms with Crippen molar-refractivity contribution in [2.24, 2.45) is 0 Å². The van der Waals surface area contributed by atoms with E-state index in [1.807, 2.05) is 6.92 Å². The van der Waals surface area contributed by atoms with Crippen molar-refractivity contribution in [1.29, 1.82) is 0 Å². The number of halogens is 1. The summed E-state index contributed by atoms with van der Waals surface area (Å²) in [6.07, 6.45) is 2.76. The van der Waals surface area contributed by atoms with E-state index >= 15 is 0 Å². The van der Waals surface area contributed by atoms with Gasteiger partial charge >= 0.3 is 0 Å². The van der Waals surface area contributed by atoms with Gasteiger partial charge in [0, 0.05) is 19.8 Å². The van der Waals surface area contributed by atoms with Crippen LogP contribution >= 0.6 is 12.4 Å². The van der Waals surface area contributed by atoms with Gasteiger partial charge in [0.1, 0.15) is 0 Å². The van der Waals surface area contributed by atoms with E-state index in [1.54, 1.807) is 11.9 Å². The summed E-state index contributed by atoms with van der Waals surface area (Å²) in [7, 11) is -1.70. The Bertz CT molecular complexity index is 378. The zero-order valence-corrected chi connectivity index (χ0v) is 12.9. The molecule has 0 aromatic carbocycles. The lowest BCUT2D eigenvalue weighted by molar-refractivity contribution is -0.133. The van der Waals surface area contributed by atoms with E-state index < -0.39 is 14.6 Å². The van der Waals surface area contributed by atoms with Crippen LogP contribution in [-0.2, 0) is 14.6 Å². The van der Waals surface area contributed by atoms with E-state index in [4.69, 9.17) is 0 Å². The predicted molar refractivity (Wildman–Crippen MR) is 74.9 cm³/mol. The van der Waals surface area contributed by atoms with Gasteiger partial charge in [-0.25, -0.2) is 8.42 Å². The van der Waals surface area contributed by atoms with Crippen LogP contribution < -0.4 is 5.32 Å². The van der Waals surface area contributed by atoms with Crippen molar-refractivity contribution < 1.29 is 13.2 Å². The van der Waals surface area contributed by atoms with Gasteiger partial charge in [0.15, 0.2) is 14.6 Å². The number of carbonyl (C=O) groups is 1. The average Bonchev–Trinajstić information content (AvgIpc) is 2.28. The normalized spacial score (nSPS) is 18.8. The molecule has 0 atom stereocenters. The third-order valence-corrected chi connectivity index (χ3v) is 5.42. The van der Waals surface area contributed by atoms with Crippen LogP contribution in [0.4, 0.5) is 0 Å². The number of rotatable bonds is 4. The molecule has 5 nitrogen and oxygen atoms in total. The molecule has 1 amide bonds. The van der Waals surface area contributed by atoms with Crippen molar-refractivity contribution in [3.8, 4) is 0 Å². The molecule has 1 aliphatic heterocycles. The Kier molecular flexibility index (Phi) is 6.60. The summed E-state index contributed by atoms with van der Waals surface area (Å²) in [5, 5.41) is 3.10. The molecule has 0 aromatic rings. The Balaban J connectivity index is 0.00000289. The molecule has 1 rings (SSSR count). The van der Waals surface area contributed by atoms with Crippen molar-refractivity contribution in [3.05, 3.63) is 0 Å². The Morgan fingerprint density at radius 1 is 1.33 bits per heavy atom. The summed E-state index contributed by atoms with van der Waals surface area (Å²) in [6.45, 7) is 3.74. The highest BCUT2D eigenvalue weighted by Gasteiger charge is 2.49. The van der Waals surface area contributed by atoms with Gasteiger partial charge in [-0.15, -0.1) is 12.4 Å². The number of amides is 1. The first kappa shape index (κ1) is 17.7. The Hall–Kier alpha value is -0.330. The average molecular weight is 299 g/mol. The zero-order chi connectivity index (χ0) is 13.1. The number of carbonyl (C=O) groups excluding carboxylic acids is 1. The van der Waals surface area contributed by atoms with Crippen LogP contribution in [0.2, 0.25) is 0 Å². The highest BCUT2D eigenvalue weighted by molar-refractivity contribution is 7.92. The molecule has 108 valence electrons. The van der Waals surface area contributed by atoms with Crippen LogP contribution in [0.3, 0.4) is 0 Å². The SMILES string of the molecule is CCCN(C)C(=O)C1(S(C)(=O)=O)CCNCC1.Cl. The quantitative estimate of drug-likeness (QED) is 0.818. The van der Waals surface area contributed by atoms with Crippen molar-refractivity contribution in [1.82, 2.24) is 10.2 Å². The topological polar surface area (TPSA) is 66.5 Å². The molecule has 0 radical (unpaired) electrons. The van der Waals surface area contributed by atoms with Gasteiger partial charge in [-0.1, -0.05) is 6.92 Å². The van der Waals surface area contributed by atoms with Crippen molar-refractivity contribution in [3.63, 3.8) is 0 Å². The second-order valence-corrected chi connectivity index (χ2v) is 7.07. The first-order chi connectivity index (χ1) is 7.85. The van der Waals surface area contributed by atoms with E-state index in [1.165, 1.54) is 6.26 Å². The Morgan fingerprint density at radius 2 is 1.83 bits per heavy atom. The number of hydrogen-bond donors (Lipinski definition) is 1. The maximum absolute atomic E-state index is 12.4. The van der Waals surface area contributed by atoms with E-state index in [-0.39, 0.29) is 18.3 Å². The summed E-state index contributed by atoms with van der Waals surface area (Å²) >= 11 is 0. The fourth-order valence-electron chi connectivity index (χ4n) is 2.36. The van der Waals surface area contributed by atoms with Crippen LogP contribution in [0.5, 0.6) is 0 Å². The largest absolute Gasteiger partial charge is 0.344 e. The lowest BCUT2D eigenvalue weighted by atomic mass is 9.95.